The quantitative estimate of drug-likeness (QED) is 0.649. The van der Waals surface area contributed by atoms with Gasteiger partial charge in [-0.2, -0.15) is 0 Å². The number of nitrogen functional groups attached to an aromatic ring is 1. The van der Waals surface area contributed by atoms with Crippen LogP contribution in [0.15, 0.2) is 41.6 Å². The molecule has 0 aliphatic rings. The van der Waals surface area contributed by atoms with Gasteiger partial charge in [-0.25, -0.2) is 4.98 Å². The van der Waals surface area contributed by atoms with E-state index in [0.29, 0.717) is 21.4 Å². The van der Waals surface area contributed by atoms with E-state index in [1.165, 1.54) is 11.8 Å². The number of carbonyl (C=O) groups excluding carboxylic acids is 1. The second-order valence-corrected chi connectivity index (χ2v) is 6.53. The maximum Gasteiger partial charge on any atom is 0.237 e. The van der Waals surface area contributed by atoms with Gasteiger partial charge in [0.2, 0.25) is 5.91 Å². The highest BCUT2D eigenvalue weighted by Gasteiger charge is 2.16. The number of benzene rings is 1. The molecule has 0 saturated carbocycles. The van der Waals surface area contributed by atoms with E-state index in [2.05, 4.69) is 10.3 Å². The van der Waals surface area contributed by atoms with E-state index >= 15 is 0 Å². The minimum atomic E-state index is -0.325. The molecule has 0 saturated heterocycles. The number of aromatic nitrogens is 1. The maximum absolute atomic E-state index is 12.1. The molecule has 0 aliphatic carbocycles. The number of thioether (sulfide) groups is 1. The molecule has 1 amide bonds. The van der Waals surface area contributed by atoms with Crippen LogP contribution in [0, 0.1) is 0 Å². The van der Waals surface area contributed by atoms with Gasteiger partial charge >= 0.3 is 0 Å². The summed E-state index contributed by atoms with van der Waals surface area (Å²) in [5.41, 5.74) is 6.78. The first-order chi connectivity index (χ1) is 9.95. The van der Waals surface area contributed by atoms with Crippen LogP contribution in [0.4, 0.5) is 11.4 Å². The standard InChI is InChI=1S/C14H13Cl2N3OS/c1-8(21-13-5-3-10(16)7-18-13)14(20)19-12-4-2-9(15)6-11(12)17/h2-8H,17H2,1H3,(H,19,20). The van der Waals surface area contributed by atoms with Crippen LogP contribution in [0.25, 0.3) is 0 Å². The highest BCUT2D eigenvalue weighted by molar-refractivity contribution is 8.00. The molecular formula is C14H13Cl2N3OS. The summed E-state index contributed by atoms with van der Waals surface area (Å²) in [6.07, 6.45) is 1.55. The maximum atomic E-state index is 12.1. The Morgan fingerprint density at radius 2 is 2.00 bits per heavy atom. The number of amides is 1. The van der Waals surface area contributed by atoms with Crippen LogP contribution in [-0.2, 0) is 4.79 Å². The number of nitrogens with one attached hydrogen (secondary N) is 1. The van der Waals surface area contributed by atoms with E-state index in [9.17, 15) is 4.79 Å². The van der Waals surface area contributed by atoms with Crippen molar-refractivity contribution in [3.8, 4) is 0 Å². The number of hydrogen-bond acceptors (Lipinski definition) is 4. The van der Waals surface area contributed by atoms with Crippen molar-refractivity contribution < 1.29 is 4.79 Å². The Bertz CT molecular complexity index is 649. The van der Waals surface area contributed by atoms with Crippen molar-refractivity contribution in [1.29, 1.82) is 0 Å². The van der Waals surface area contributed by atoms with Gasteiger partial charge in [-0.05, 0) is 37.3 Å². The van der Waals surface area contributed by atoms with Gasteiger partial charge in [0, 0.05) is 11.2 Å². The van der Waals surface area contributed by atoms with Gasteiger partial charge in [0.25, 0.3) is 0 Å². The molecule has 3 N–H and O–H groups in total. The lowest BCUT2D eigenvalue weighted by atomic mass is 10.2. The Morgan fingerprint density at radius 1 is 1.29 bits per heavy atom. The molecule has 1 aromatic carbocycles. The second-order valence-electron chi connectivity index (χ2n) is 4.30. The van der Waals surface area contributed by atoms with Gasteiger partial charge in [0.15, 0.2) is 0 Å². The molecule has 0 fully saturated rings. The Kier molecular flexibility index (Phi) is 5.33. The molecule has 110 valence electrons. The van der Waals surface area contributed by atoms with Crippen LogP contribution in [0.3, 0.4) is 0 Å². The van der Waals surface area contributed by atoms with E-state index in [1.54, 1.807) is 43.5 Å². The highest BCUT2D eigenvalue weighted by Crippen LogP contribution is 2.26. The van der Waals surface area contributed by atoms with Gasteiger partial charge in [-0.3, -0.25) is 4.79 Å². The summed E-state index contributed by atoms with van der Waals surface area (Å²) in [5.74, 6) is -0.161. The lowest BCUT2D eigenvalue weighted by molar-refractivity contribution is -0.115. The highest BCUT2D eigenvalue weighted by atomic mass is 35.5. The van der Waals surface area contributed by atoms with Gasteiger partial charge in [-0.15, -0.1) is 0 Å². The minimum Gasteiger partial charge on any atom is -0.397 e. The number of carbonyl (C=O) groups is 1. The number of halogens is 2. The third-order valence-corrected chi connectivity index (χ3v) is 4.15. The fraction of sp³-hybridized carbons (Fsp3) is 0.143. The molecule has 1 unspecified atom stereocenters. The van der Waals surface area contributed by atoms with Crippen LogP contribution < -0.4 is 11.1 Å². The summed E-state index contributed by atoms with van der Waals surface area (Å²) < 4.78 is 0. The van der Waals surface area contributed by atoms with Crippen molar-refractivity contribution in [3.63, 3.8) is 0 Å². The largest absolute Gasteiger partial charge is 0.397 e. The number of rotatable bonds is 4. The number of anilines is 2. The lowest BCUT2D eigenvalue weighted by Crippen LogP contribution is -2.23. The number of pyridine rings is 1. The molecule has 0 aliphatic heterocycles. The monoisotopic (exact) mass is 341 g/mol. The van der Waals surface area contributed by atoms with E-state index in [0.717, 1.165) is 5.03 Å². The third-order valence-electron chi connectivity index (χ3n) is 2.64. The molecule has 1 aromatic heterocycles. The summed E-state index contributed by atoms with van der Waals surface area (Å²) in [5, 5.41) is 4.26. The van der Waals surface area contributed by atoms with Gasteiger partial charge < -0.3 is 11.1 Å². The van der Waals surface area contributed by atoms with Crippen molar-refractivity contribution in [1.82, 2.24) is 4.98 Å². The van der Waals surface area contributed by atoms with Crippen molar-refractivity contribution >= 4 is 52.2 Å². The SMILES string of the molecule is CC(Sc1ccc(Cl)cn1)C(=O)Nc1ccc(Cl)cc1N. The molecule has 1 heterocycles. The van der Waals surface area contributed by atoms with Gasteiger partial charge in [-0.1, -0.05) is 35.0 Å². The summed E-state index contributed by atoms with van der Waals surface area (Å²) in [6.45, 7) is 1.79. The predicted molar refractivity (Wildman–Crippen MR) is 89.1 cm³/mol. The summed E-state index contributed by atoms with van der Waals surface area (Å²) in [6, 6.07) is 8.45. The van der Waals surface area contributed by atoms with Crippen molar-refractivity contribution in [2.24, 2.45) is 0 Å². The molecule has 7 heteroatoms. The van der Waals surface area contributed by atoms with Crippen molar-refractivity contribution in [3.05, 3.63) is 46.6 Å². The van der Waals surface area contributed by atoms with Crippen LogP contribution in [-0.4, -0.2) is 16.1 Å². The number of hydrogen-bond donors (Lipinski definition) is 2. The molecular weight excluding hydrogens is 329 g/mol. The normalized spacial score (nSPS) is 12.0. The summed E-state index contributed by atoms with van der Waals surface area (Å²) >= 11 is 12.9. The minimum absolute atomic E-state index is 0.161. The second kappa shape index (κ2) is 7.02. The first-order valence-electron chi connectivity index (χ1n) is 6.10. The summed E-state index contributed by atoms with van der Waals surface area (Å²) in [4.78, 5) is 16.3. The van der Waals surface area contributed by atoms with E-state index < -0.39 is 0 Å². The van der Waals surface area contributed by atoms with Crippen LogP contribution in [0.2, 0.25) is 10.0 Å². The van der Waals surface area contributed by atoms with Crippen molar-refractivity contribution in [2.75, 3.05) is 11.1 Å². The Morgan fingerprint density at radius 3 is 2.62 bits per heavy atom. The average molecular weight is 342 g/mol. The van der Waals surface area contributed by atoms with Gasteiger partial charge in [0.1, 0.15) is 0 Å². The molecule has 0 radical (unpaired) electrons. The molecule has 1 atom stereocenters. The van der Waals surface area contributed by atoms with Crippen LogP contribution >= 0.6 is 35.0 Å². The van der Waals surface area contributed by atoms with Crippen molar-refractivity contribution in [2.45, 2.75) is 17.2 Å². The molecule has 2 aromatic rings. The Hall–Kier alpha value is -1.43. The predicted octanol–water partition coefficient (Wildman–Crippen LogP) is 4.09. The van der Waals surface area contributed by atoms with Gasteiger partial charge in [0.05, 0.1) is 26.7 Å². The number of nitrogens with zero attached hydrogens (tertiary/aromatic N) is 1. The summed E-state index contributed by atoms with van der Waals surface area (Å²) in [7, 11) is 0. The zero-order valence-electron chi connectivity index (χ0n) is 11.1. The fourth-order valence-corrected chi connectivity index (χ4v) is 2.63. The molecule has 4 nitrogen and oxygen atoms in total. The Balaban J connectivity index is 2.00. The van der Waals surface area contributed by atoms with Crippen LogP contribution in [0.5, 0.6) is 0 Å². The molecule has 21 heavy (non-hydrogen) atoms. The zero-order valence-corrected chi connectivity index (χ0v) is 13.5. The molecule has 0 bridgehead atoms. The van der Waals surface area contributed by atoms with E-state index in [1.807, 2.05) is 0 Å². The van der Waals surface area contributed by atoms with Crippen LogP contribution in [0.1, 0.15) is 6.92 Å². The topological polar surface area (TPSA) is 68.0 Å². The van der Waals surface area contributed by atoms with E-state index in [-0.39, 0.29) is 11.2 Å². The number of nitrogens with two attached hydrogens (primary N) is 1. The fourth-order valence-electron chi connectivity index (χ4n) is 1.55. The Labute approximate surface area is 137 Å². The first-order valence-corrected chi connectivity index (χ1v) is 7.73. The third kappa shape index (κ3) is 4.52. The first kappa shape index (κ1) is 15.9. The average Bonchev–Trinajstić information content (AvgIpc) is 2.44. The molecule has 0 spiro atoms. The molecule has 2 rings (SSSR count). The zero-order chi connectivity index (χ0) is 15.4. The smallest absolute Gasteiger partial charge is 0.237 e. The lowest BCUT2D eigenvalue weighted by Gasteiger charge is -2.13. The van der Waals surface area contributed by atoms with E-state index in [4.69, 9.17) is 28.9 Å².